The molecule has 0 radical (unpaired) electrons. The van der Waals surface area contributed by atoms with E-state index in [1.165, 1.54) is 37.2 Å². The third-order valence-electron chi connectivity index (χ3n) is 4.15. The lowest BCUT2D eigenvalue weighted by Crippen LogP contribution is -2.35. The average Bonchev–Trinajstić information content (AvgIpc) is 2.99. The summed E-state index contributed by atoms with van der Waals surface area (Å²) in [6.45, 7) is 4.35. The van der Waals surface area contributed by atoms with Gasteiger partial charge in [0.1, 0.15) is 0 Å². The Morgan fingerprint density at radius 1 is 1.33 bits per heavy atom. The van der Waals surface area contributed by atoms with Crippen LogP contribution in [0, 0.1) is 5.92 Å². The summed E-state index contributed by atoms with van der Waals surface area (Å²) in [5.41, 5.74) is 2.50. The van der Waals surface area contributed by atoms with Gasteiger partial charge in [0.15, 0.2) is 0 Å². The zero-order valence-electron chi connectivity index (χ0n) is 12.7. The zero-order valence-corrected chi connectivity index (χ0v) is 12.7. The molecule has 1 unspecified atom stereocenters. The summed E-state index contributed by atoms with van der Waals surface area (Å²) in [5, 5.41) is 7.86. The van der Waals surface area contributed by atoms with Crippen molar-refractivity contribution in [3.05, 3.63) is 48.3 Å². The minimum atomic E-state index is 0.763. The first-order chi connectivity index (χ1) is 10.3. The van der Waals surface area contributed by atoms with Crippen LogP contribution in [-0.4, -0.2) is 41.4 Å². The first-order valence-corrected chi connectivity index (χ1v) is 7.78. The molecular formula is C17H24N4. The third kappa shape index (κ3) is 4.08. The largest absolute Gasteiger partial charge is 0.385 e. The number of anilines is 1. The van der Waals surface area contributed by atoms with Crippen molar-refractivity contribution in [1.29, 1.82) is 0 Å². The number of hydrogen-bond donors (Lipinski definition) is 1. The predicted molar refractivity (Wildman–Crippen MR) is 86.5 cm³/mol. The highest BCUT2D eigenvalue weighted by molar-refractivity contribution is 5.45. The van der Waals surface area contributed by atoms with Crippen LogP contribution in [0.4, 0.5) is 5.69 Å². The molecule has 1 aromatic heterocycles. The molecular weight excluding hydrogens is 260 g/mol. The van der Waals surface area contributed by atoms with E-state index < -0.39 is 0 Å². The van der Waals surface area contributed by atoms with Crippen LogP contribution in [0.3, 0.4) is 0 Å². The minimum absolute atomic E-state index is 0.763. The van der Waals surface area contributed by atoms with Gasteiger partial charge in [0.05, 0.1) is 6.54 Å². The molecule has 0 spiro atoms. The van der Waals surface area contributed by atoms with Crippen molar-refractivity contribution in [3.8, 4) is 0 Å². The molecule has 1 aliphatic rings. The fourth-order valence-corrected chi connectivity index (χ4v) is 3.06. The molecule has 1 aliphatic heterocycles. The number of aromatic nitrogens is 2. The Kier molecular flexibility index (Phi) is 4.55. The number of hydrogen-bond acceptors (Lipinski definition) is 3. The molecule has 112 valence electrons. The SMILES string of the molecule is CN1CCCC(CNc2cccc(Cn3cccn3)c2)C1. The molecule has 0 saturated carbocycles. The van der Waals surface area contributed by atoms with Crippen molar-refractivity contribution in [2.75, 3.05) is 32.0 Å². The topological polar surface area (TPSA) is 33.1 Å². The van der Waals surface area contributed by atoms with E-state index in [2.05, 4.69) is 46.6 Å². The van der Waals surface area contributed by atoms with Gasteiger partial charge < -0.3 is 10.2 Å². The lowest BCUT2D eigenvalue weighted by atomic mass is 9.98. The number of nitrogens with one attached hydrogen (secondary N) is 1. The molecule has 21 heavy (non-hydrogen) atoms. The van der Waals surface area contributed by atoms with Crippen molar-refractivity contribution in [2.45, 2.75) is 19.4 Å². The summed E-state index contributed by atoms with van der Waals surface area (Å²) in [4.78, 5) is 2.43. The van der Waals surface area contributed by atoms with Gasteiger partial charge in [0, 0.05) is 31.2 Å². The Labute approximate surface area is 126 Å². The molecule has 1 fully saturated rings. The lowest BCUT2D eigenvalue weighted by Gasteiger charge is -2.30. The third-order valence-corrected chi connectivity index (χ3v) is 4.15. The highest BCUT2D eigenvalue weighted by atomic mass is 15.3. The molecule has 0 aliphatic carbocycles. The van der Waals surface area contributed by atoms with Gasteiger partial charge in [-0.3, -0.25) is 4.68 Å². The molecule has 4 heteroatoms. The number of likely N-dealkylation sites (tertiary alicyclic amines) is 1. The van der Waals surface area contributed by atoms with E-state index in [-0.39, 0.29) is 0 Å². The molecule has 2 heterocycles. The van der Waals surface area contributed by atoms with E-state index in [0.717, 1.165) is 19.0 Å². The Morgan fingerprint density at radius 3 is 3.10 bits per heavy atom. The van der Waals surface area contributed by atoms with Crippen LogP contribution in [0.25, 0.3) is 0 Å². The van der Waals surface area contributed by atoms with Crippen LogP contribution in [0.15, 0.2) is 42.7 Å². The Balaban J connectivity index is 1.55. The van der Waals surface area contributed by atoms with Crippen molar-refractivity contribution in [1.82, 2.24) is 14.7 Å². The molecule has 0 amide bonds. The Morgan fingerprint density at radius 2 is 2.29 bits per heavy atom. The van der Waals surface area contributed by atoms with Crippen LogP contribution in [-0.2, 0) is 6.54 Å². The smallest absolute Gasteiger partial charge is 0.0660 e. The summed E-state index contributed by atoms with van der Waals surface area (Å²) < 4.78 is 1.95. The highest BCUT2D eigenvalue weighted by Crippen LogP contribution is 2.17. The van der Waals surface area contributed by atoms with E-state index in [4.69, 9.17) is 0 Å². The lowest BCUT2D eigenvalue weighted by molar-refractivity contribution is 0.217. The van der Waals surface area contributed by atoms with Gasteiger partial charge in [0.2, 0.25) is 0 Å². The first kappa shape index (κ1) is 14.1. The summed E-state index contributed by atoms with van der Waals surface area (Å²) in [7, 11) is 2.22. The fraction of sp³-hybridized carbons (Fsp3) is 0.471. The normalized spacial score (nSPS) is 19.6. The maximum absolute atomic E-state index is 4.26. The molecule has 3 rings (SSSR count). The van der Waals surface area contributed by atoms with Crippen LogP contribution >= 0.6 is 0 Å². The molecule has 4 nitrogen and oxygen atoms in total. The van der Waals surface area contributed by atoms with Gasteiger partial charge in [0.25, 0.3) is 0 Å². The molecule has 1 atom stereocenters. The molecule has 1 N–H and O–H groups in total. The van der Waals surface area contributed by atoms with Crippen LogP contribution in [0.1, 0.15) is 18.4 Å². The summed E-state index contributed by atoms with van der Waals surface area (Å²) in [6, 6.07) is 10.6. The number of benzene rings is 1. The van der Waals surface area contributed by atoms with Crippen molar-refractivity contribution in [3.63, 3.8) is 0 Å². The van der Waals surface area contributed by atoms with Crippen LogP contribution in [0.2, 0.25) is 0 Å². The van der Waals surface area contributed by atoms with Crippen LogP contribution < -0.4 is 5.32 Å². The second kappa shape index (κ2) is 6.76. The van der Waals surface area contributed by atoms with Gasteiger partial charge in [-0.25, -0.2) is 0 Å². The van der Waals surface area contributed by atoms with Gasteiger partial charge >= 0.3 is 0 Å². The van der Waals surface area contributed by atoms with Crippen LogP contribution in [0.5, 0.6) is 0 Å². The van der Waals surface area contributed by atoms with Gasteiger partial charge in [-0.15, -0.1) is 0 Å². The predicted octanol–water partition coefficient (Wildman–Crippen LogP) is 2.69. The van der Waals surface area contributed by atoms with E-state index in [1.807, 2.05) is 23.1 Å². The zero-order chi connectivity index (χ0) is 14.5. The summed E-state index contributed by atoms with van der Waals surface area (Å²) in [6.07, 6.45) is 6.48. The number of nitrogens with zero attached hydrogens (tertiary/aromatic N) is 3. The molecule has 2 aromatic rings. The van der Waals surface area contributed by atoms with Gasteiger partial charge in [-0.1, -0.05) is 12.1 Å². The minimum Gasteiger partial charge on any atom is -0.385 e. The monoisotopic (exact) mass is 284 g/mol. The summed E-state index contributed by atoms with van der Waals surface area (Å²) >= 11 is 0. The van der Waals surface area contributed by atoms with Crippen molar-refractivity contribution >= 4 is 5.69 Å². The van der Waals surface area contributed by atoms with E-state index in [1.54, 1.807) is 0 Å². The van der Waals surface area contributed by atoms with E-state index in [9.17, 15) is 0 Å². The second-order valence-electron chi connectivity index (χ2n) is 6.06. The standard InChI is InChI=1S/C17H24N4/c1-20-9-3-6-16(13-20)12-18-17-7-2-5-15(11-17)14-21-10-4-8-19-21/h2,4-5,7-8,10-11,16,18H,3,6,9,12-14H2,1H3. The average molecular weight is 284 g/mol. The van der Waals surface area contributed by atoms with E-state index >= 15 is 0 Å². The van der Waals surface area contributed by atoms with Crippen molar-refractivity contribution in [2.24, 2.45) is 5.92 Å². The summed E-state index contributed by atoms with van der Waals surface area (Å²) in [5.74, 6) is 0.763. The number of piperidine rings is 1. The van der Waals surface area contributed by atoms with Crippen molar-refractivity contribution < 1.29 is 0 Å². The fourth-order valence-electron chi connectivity index (χ4n) is 3.06. The van der Waals surface area contributed by atoms with Gasteiger partial charge in [-0.05, 0) is 56.1 Å². The maximum atomic E-state index is 4.26. The van der Waals surface area contributed by atoms with Gasteiger partial charge in [-0.2, -0.15) is 5.10 Å². The quantitative estimate of drug-likeness (QED) is 0.916. The highest BCUT2D eigenvalue weighted by Gasteiger charge is 2.16. The maximum Gasteiger partial charge on any atom is 0.0660 e. The molecule has 1 saturated heterocycles. The van der Waals surface area contributed by atoms with E-state index in [0.29, 0.717) is 0 Å². The second-order valence-corrected chi connectivity index (χ2v) is 6.06. The Bertz CT molecular complexity index is 550. The molecule has 1 aromatic carbocycles. The first-order valence-electron chi connectivity index (χ1n) is 7.78. The number of rotatable bonds is 5. The molecule has 0 bridgehead atoms. The Hall–Kier alpha value is -1.81.